The maximum absolute atomic E-state index is 6.02. The second-order valence-electron chi connectivity index (χ2n) is 3.70. The maximum atomic E-state index is 6.02. The molecule has 0 aliphatic rings. The van der Waals surface area contributed by atoms with Gasteiger partial charge in [-0.25, -0.2) is 4.98 Å². The number of hydrogen-bond donors (Lipinski definition) is 1. The minimum atomic E-state index is 0.385. The first-order chi connectivity index (χ1) is 8.70. The largest absolute Gasteiger partial charge is 0.339 e. The van der Waals surface area contributed by atoms with Crippen molar-refractivity contribution in [2.45, 2.75) is 12.8 Å². The van der Waals surface area contributed by atoms with E-state index in [1.807, 2.05) is 7.05 Å². The molecule has 0 bridgehead atoms. The van der Waals surface area contributed by atoms with Gasteiger partial charge >= 0.3 is 0 Å². The maximum Gasteiger partial charge on any atom is 0.227 e. The van der Waals surface area contributed by atoms with E-state index in [0.717, 1.165) is 19.4 Å². The summed E-state index contributed by atoms with van der Waals surface area (Å²) in [6, 6.07) is 1.60. The predicted octanol–water partition coefficient (Wildman–Crippen LogP) is 2.59. The van der Waals surface area contributed by atoms with Crippen LogP contribution in [0.5, 0.6) is 0 Å². The minimum Gasteiger partial charge on any atom is -0.339 e. The summed E-state index contributed by atoms with van der Waals surface area (Å²) in [4.78, 5) is 8.34. The fourth-order valence-electron chi connectivity index (χ4n) is 1.45. The first-order valence-corrected chi connectivity index (χ1v) is 6.25. The van der Waals surface area contributed by atoms with Crippen LogP contribution in [0, 0.1) is 0 Å². The SMILES string of the molecule is CNCCCc1nc(-c2ncc(Cl)cc2Cl)no1. The molecule has 1 N–H and O–H groups in total. The molecule has 2 rings (SSSR count). The Hall–Kier alpha value is -1.17. The molecule has 0 spiro atoms. The van der Waals surface area contributed by atoms with Crippen LogP contribution in [0.3, 0.4) is 0 Å². The number of aromatic nitrogens is 3. The molecule has 0 saturated heterocycles. The van der Waals surface area contributed by atoms with E-state index in [0.29, 0.717) is 27.5 Å². The van der Waals surface area contributed by atoms with Crippen molar-refractivity contribution in [3.63, 3.8) is 0 Å². The summed E-state index contributed by atoms with van der Waals surface area (Å²) in [5, 5.41) is 7.79. The molecule has 5 nitrogen and oxygen atoms in total. The monoisotopic (exact) mass is 286 g/mol. The van der Waals surface area contributed by atoms with Gasteiger partial charge in [0.1, 0.15) is 5.69 Å². The first-order valence-electron chi connectivity index (χ1n) is 5.49. The Kier molecular flexibility index (Phi) is 4.52. The van der Waals surface area contributed by atoms with E-state index in [2.05, 4.69) is 20.4 Å². The number of aryl methyl sites for hydroxylation is 1. The summed E-state index contributed by atoms with van der Waals surface area (Å²) in [5.41, 5.74) is 0.477. The minimum absolute atomic E-state index is 0.385. The van der Waals surface area contributed by atoms with Gasteiger partial charge in [0.05, 0.1) is 10.0 Å². The van der Waals surface area contributed by atoms with E-state index >= 15 is 0 Å². The second-order valence-corrected chi connectivity index (χ2v) is 4.55. The van der Waals surface area contributed by atoms with Crippen molar-refractivity contribution >= 4 is 23.2 Å². The van der Waals surface area contributed by atoms with Gasteiger partial charge in [0.25, 0.3) is 0 Å². The third-order valence-corrected chi connectivity index (χ3v) is 2.80. The van der Waals surface area contributed by atoms with Crippen molar-refractivity contribution < 1.29 is 4.52 Å². The lowest BCUT2D eigenvalue weighted by atomic mass is 10.3. The third-order valence-electron chi connectivity index (χ3n) is 2.31. The predicted molar refractivity (Wildman–Crippen MR) is 69.8 cm³/mol. The lowest BCUT2D eigenvalue weighted by Crippen LogP contribution is -2.08. The topological polar surface area (TPSA) is 63.8 Å². The first kappa shape index (κ1) is 13.3. The van der Waals surface area contributed by atoms with Crippen LogP contribution in [-0.4, -0.2) is 28.7 Å². The number of nitrogens with one attached hydrogen (secondary N) is 1. The van der Waals surface area contributed by atoms with E-state index in [1.54, 1.807) is 6.07 Å². The number of nitrogens with zero attached hydrogens (tertiary/aromatic N) is 3. The van der Waals surface area contributed by atoms with Crippen molar-refractivity contribution in [1.29, 1.82) is 0 Å². The molecule has 0 unspecified atom stereocenters. The van der Waals surface area contributed by atoms with Gasteiger partial charge in [0.15, 0.2) is 0 Å². The zero-order valence-electron chi connectivity index (χ0n) is 9.78. The van der Waals surface area contributed by atoms with Crippen LogP contribution in [-0.2, 0) is 6.42 Å². The molecule has 0 aliphatic heterocycles. The Morgan fingerprint density at radius 3 is 2.94 bits per heavy atom. The number of hydrogen-bond acceptors (Lipinski definition) is 5. The quantitative estimate of drug-likeness (QED) is 0.856. The molecular weight excluding hydrogens is 275 g/mol. The normalized spacial score (nSPS) is 10.8. The van der Waals surface area contributed by atoms with Crippen LogP contribution in [0.2, 0.25) is 10.0 Å². The van der Waals surface area contributed by atoms with E-state index < -0.39 is 0 Å². The summed E-state index contributed by atoms with van der Waals surface area (Å²) in [5.74, 6) is 0.962. The summed E-state index contributed by atoms with van der Waals surface area (Å²) < 4.78 is 5.13. The molecule has 0 amide bonds. The van der Waals surface area contributed by atoms with Crippen molar-refractivity contribution in [1.82, 2.24) is 20.4 Å². The van der Waals surface area contributed by atoms with E-state index in [-0.39, 0.29) is 0 Å². The smallest absolute Gasteiger partial charge is 0.227 e. The Balaban J connectivity index is 2.13. The fourth-order valence-corrected chi connectivity index (χ4v) is 1.91. The molecule has 0 aromatic carbocycles. The van der Waals surface area contributed by atoms with Crippen LogP contribution in [0.15, 0.2) is 16.8 Å². The third kappa shape index (κ3) is 3.19. The average Bonchev–Trinajstić information content (AvgIpc) is 2.78. The average molecular weight is 287 g/mol. The van der Waals surface area contributed by atoms with Crippen LogP contribution >= 0.6 is 23.2 Å². The molecule has 18 heavy (non-hydrogen) atoms. The number of halogens is 2. The molecule has 0 saturated carbocycles. The Bertz CT molecular complexity index is 530. The lowest BCUT2D eigenvalue weighted by Gasteiger charge is -1.97. The zero-order chi connectivity index (χ0) is 13.0. The fraction of sp³-hybridized carbons (Fsp3) is 0.364. The van der Waals surface area contributed by atoms with Crippen molar-refractivity contribution in [2.24, 2.45) is 0 Å². The summed E-state index contributed by atoms with van der Waals surface area (Å²) in [6.07, 6.45) is 3.15. The summed E-state index contributed by atoms with van der Waals surface area (Å²) >= 11 is 11.8. The summed E-state index contributed by atoms with van der Waals surface area (Å²) in [6.45, 7) is 0.900. The molecule has 2 heterocycles. The van der Waals surface area contributed by atoms with Gasteiger partial charge in [-0.2, -0.15) is 4.98 Å². The highest BCUT2D eigenvalue weighted by atomic mass is 35.5. The van der Waals surface area contributed by atoms with Crippen molar-refractivity contribution in [3.05, 3.63) is 28.2 Å². The molecule has 0 atom stereocenters. The van der Waals surface area contributed by atoms with E-state index in [1.165, 1.54) is 6.20 Å². The van der Waals surface area contributed by atoms with Gasteiger partial charge in [0.2, 0.25) is 11.7 Å². The Morgan fingerprint density at radius 2 is 2.22 bits per heavy atom. The van der Waals surface area contributed by atoms with E-state index in [9.17, 15) is 0 Å². The van der Waals surface area contributed by atoms with Gasteiger partial charge < -0.3 is 9.84 Å². The van der Waals surface area contributed by atoms with Crippen LogP contribution in [0.1, 0.15) is 12.3 Å². The number of pyridine rings is 1. The molecule has 0 aliphatic carbocycles. The highest BCUT2D eigenvalue weighted by Gasteiger charge is 2.13. The Labute approximate surface area is 115 Å². The standard InChI is InChI=1S/C11H12Cl2N4O/c1-14-4-2-3-9-16-11(17-18-9)10-8(13)5-7(12)6-15-10/h5-6,14H,2-4H2,1H3. The molecule has 0 radical (unpaired) electrons. The van der Waals surface area contributed by atoms with Crippen molar-refractivity contribution in [3.8, 4) is 11.5 Å². The number of rotatable bonds is 5. The molecule has 2 aromatic rings. The zero-order valence-corrected chi connectivity index (χ0v) is 11.3. The van der Waals surface area contributed by atoms with Crippen LogP contribution < -0.4 is 5.32 Å². The molecule has 2 aromatic heterocycles. The molecule has 7 heteroatoms. The molecule has 0 fully saturated rings. The van der Waals surface area contributed by atoms with E-state index in [4.69, 9.17) is 27.7 Å². The van der Waals surface area contributed by atoms with Crippen LogP contribution in [0.25, 0.3) is 11.5 Å². The van der Waals surface area contributed by atoms with Gasteiger partial charge in [-0.05, 0) is 26.1 Å². The molecule has 96 valence electrons. The highest BCUT2D eigenvalue weighted by Crippen LogP contribution is 2.25. The second kappa shape index (κ2) is 6.13. The van der Waals surface area contributed by atoms with Crippen LogP contribution in [0.4, 0.5) is 0 Å². The van der Waals surface area contributed by atoms with Gasteiger partial charge in [-0.15, -0.1) is 0 Å². The van der Waals surface area contributed by atoms with Gasteiger partial charge in [0, 0.05) is 12.6 Å². The van der Waals surface area contributed by atoms with Crippen molar-refractivity contribution in [2.75, 3.05) is 13.6 Å². The Morgan fingerprint density at radius 1 is 1.39 bits per heavy atom. The highest BCUT2D eigenvalue weighted by molar-refractivity contribution is 6.35. The molecular formula is C11H12Cl2N4O. The summed E-state index contributed by atoms with van der Waals surface area (Å²) in [7, 11) is 1.90. The van der Waals surface area contributed by atoms with Gasteiger partial charge in [-0.1, -0.05) is 28.4 Å². The van der Waals surface area contributed by atoms with Gasteiger partial charge in [-0.3, -0.25) is 0 Å². The lowest BCUT2D eigenvalue weighted by molar-refractivity contribution is 0.375.